The van der Waals surface area contributed by atoms with Crippen molar-refractivity contribution in [3.8, 4) is 0 Å². The maximum absolute atomic E-state index is 13.0. The first kappa shape index (κ1) is 26.4. The predicted octanol–water partition coefficient (Wildman–Crippen LogP) is 3.38. The Balaban J connectivity index is 1.76. The zero-order valence-corrected chi connectivity index (χ0v) is 21.7. The summed E-state index contributed by atoms with van der Waals surface area (Å²) in [7, 11) is -0.658. The van der Waals surface area contributed by atoms with Gasteiger partial charge in [0.05, 0.1) is 28.1 Å². The molecule has 0 fully saturated rings. The van der Waals surface area contributed by atoms with Crippen LogP contribution in [0.2, 0.25) is 0 Å². The number of hydrogen-bond donors (Lipinski definition) is 2. The van der Waals surface area contributed by atoms with Crippen LogP contribution < -0.4 is 14.9 Å². The highest BCUT2D eigenvalue weighted by molar-refractivity contribution is 7.92. The van der Waals surface area contributed by atoms with E-state index in [9.17, 15) is 28.1 Å². The first-order valence-corrected chi connectivity index (χ1v) is 13.3. The zero-order chi connectivity index (χ0) is 27.6. The van der Waals surface area contributed by atoms with Crippen LogP contribution in [0.1, 0.15) is 11.1 Å². The van der Waals surface area contributed by atoms with E-state index >= 15 is 0 Å². The highest BCUT2D eigenvalue weighted by atomic mass is 32.2. The van der Waals surface area contributed by atoms with Crippen LogP contribution in [0.25, 0.3) is 11.3 Å². The van der Waals surface area contributed by atoms with Gasteiger partial charge in [-0.15, -0.1) is 0 Å². The van der Waals surface area contributed by atoms with Gasteiger partial charge in [0, 0.05) is 43.2 Å². The Labute approximate surface area is 219 Å². The Morgan fingerprint density at radius 2 is 1.68 bits per heavy atom. The van der Waals surface area contributed by atoms with E-state index in [1.165, 1.54) is 23.1 Å². The Bertz CT molecular complexity index is 1550. The van der Waals surface area contributed by atoms with E-state index in [0.29, 0.717) is 33.9 Å². The van der Waals surface area contributed by atoms with Gasteiger partial charge in [0.15, 0.2) is 0 Å². The lowest BCUT2D eigenvalue weighted by Crippen LogP contribution is -2.39. The van der Waals surface area contributed by atoms with Crippen LogP contribution in [-0.2, 0) is 19.6 Å². The molecule has 196 valence electrons. The first-order chi connectivity index (χ1) is 18.0. The van der Waals surface area contributed by atoms with E-state index in [1.54, 1.807) is 62.6 Å². The summed E-state index contributed by atoms with van der Waals surface area (Å²) in [6.07, 6.45) is 1.02. The molecule has 12 heteroatoms. The summed E-state index contributed by atoms with van der Waals surface area (Å²) in [5, 5.41) is 17.4. The highest BCUT2D eigenvalue weighted by Gasteiger charge is 2.30. The van der Waals surface area contributed by atoms with Crippen LogP contribution in [0.5, 0.6) is 0 Å². The predicted molar refractivity (Wildman–Crippen MR) is 146 cm³/mol. The van der Waals surface area contributed by atoms with Gasteiger partial charge in [-0.25, -0.2) is 8.42 Å². The van der Waals surface area contributed by atoms with Gasteiger partial charge in [0.25, 0.3) is 11.6 Å². The summed E-state index contributed by atoms with van der Waals surface area (Å²) in [5.41, 5.74) is 2.82. The number of sulfonamides is 1. The summed E-state index contributed by atoms with van der Waals surface area (Å²) in [6, 6.07) is 19.5. The molecule has 3 aromatic rings. The molecule has 2 amide bonds. The maximum atomic E-state index is 13.0. The fourth-order valence-electron chi connectivity index (χ4n) is 3.92. The number of nitrogens with one attached hydrogen (secondary N) is 2. The van der Waals surface area contributed by atoms with E-state index in [2.05, 4.69) is 10.6 Å². The van der Waals surface area contributed by atoms with Crippen molar-refractivity contribution in [2.75, 3.05) is 41.8 Å². The molecule has 0 saturated heterocycles. The minimum absolute atomic E-state index is 0.150. The lowest BCUT2D eigenvalue weighted by molar-refractivity contribution is -0.384. The Morgan fingerprint density at radius 3 is 2.26 bits per heavy atom. The minimum Gasteiger partial charge on any atom is -0.354 e. The number of carbonyl (C=O) groups is 2. The largest absolute Gasteiger partial charge is 0.354 e. The van der Waals surface area contributed by atoms with Gasteiger partial charge in [-0.2, -0.15) is 0 Å². The molecule has 38 heavy (non-hydrogen) atoms. The quantitative estimate of drug-likeness (QED) is 0.256. The van der Waals surface area contributed by atoms with E-state index in [4.69, 9.17) is 0 Å². The normalized spacial score (nSPS) is 13.8. The average Bonchev–Trinajstić information content (AvgIpc) is 3.20. The van der Waals surface area contributed by atoms with Gasteiger partial charge < -0.3 is 15.5 Å². The van der Waals surface area contributed by atoms with Crippen molar-refractivity contribution in [1.82, 2.24) is 4.90 Å². The van der Waals surface area contributed by atoms with Gasteiger partial charge >= 0.3 is 0 Å². The van der Waals surface area contributed by atoms with E-state index < -0.39 is 20.9 Å². The number of non-ortho nitro benzene ring substituents is 1. The van der Waals surface area contributed by atoms with Crippen LogP contribution in [0, 0.1) is 10.1 Å². The van der Waals surface area contributed by atoms with Gasteiger partial charge in [0.2, 0.25) is 15.9 Å². The second-order valence-corrected chi connectivity index (χ2v) is 10.7. The molecular formula is C26H25N5O6S. The molecule has 0 aliphatic carbocycles. The van der Waals surface area contributed by atoms with Gasteiger partial charge in [-0.05, 0) is 35.9 Å². The topological polar surface area (TPSA) is 142 Å². The number of hydrogen-bond acceptors (Lipinski definition) is 7. The number of nitro groups is 1. The number of carbonyl (C=O) groups excluding carboxylic acids is 2. The molecule has 0 atom stereocenters. The summed E-state index contributed by atoms with van der Waals surface area (Å²) in [6.45, 7) is -0.354. The summed E-state index contributed by atoms with van der Waals surface area (Å²) < 4.78 is 25.8. The number of nitrogens with zero attached hydrogens (tertiary/aromatic N) is 3. The Morgan fingerprint density at radius 1 is 1.03 bits per heavy atom. The van der Waals surface area contributed by atoms with Gasteiger partial charge in [-0.1, -0.05) is 30.3 Å². The first-order valence-electron chi connectivity index (χ1n) is 11.4. The van der Waals surface area contributed by atoms with Crippen LogP contribution in [0.4, 0.5) is 22.7 Å². The Kier molecular flexibility index (Phi) is 7.17. The summed E-state index contributed by atoms with van der Waals surface area (Å²) in [4.78, 5) is 37.4. The van der Waals surface area contributed by atoms with Crippen molar-refractivity contribution >= 4 is 55.9 Å². The highest BCUT2D eigenvalue weighted by Crippen LogP contribution is 2.39. The van der Waals surface area contributed by atoms with Gasteiger partial charge in [0.1, 0.15) is 6.54 Å². The fourth-order valence-corrected chi connectivity index (χ4v) is 4.77. The number of nitro benzene ring substituents is 1. The van der Waals surface area contributed by atoms with Crippen LogP contribution in [-0.4, -0.2) is 57.0 Å². The monoisotopic (exact) mass is 535 g/mol. The smallest absolute Gasteiger partial charge is 0.270 e. The maximum Gasteiger partial charge on any atom is 0.270 e. The second-order valence-electron chi connectivity index (χ2n) is 8.79. The molecule has 0 radical (unpaired) electrons. The molecular weight excluding hydrogens is 510 g/mol. The van der Waals surface area contributed by atoms with Crippen LogP contribution in [0.15, 0.2) is 72.8 Å². The molecule has 0 spiro atoms. The molecule has 2 N–H and O–H groups in total. The molecule has 0 aromatic heterocycles. The number of amides is 2. The third-order valence-electron chi connectivity index (χ3n) is 5.87. The van der Waals surface area contributed by atoms with Crippen LogP contribution in [0.3, 0.4) is 0 Å². The number of anilines is 3. The lowest BCUT2D eigenvalue weighted by Gasteiger charge is -2.24. The van der Waals surface area contributed by atoms with Crippen molar-refractivity contribution in [2.24, 2.45) is 0 Å². The van der Waals surface area contributed by atoms with Gasteiger partial charge in [-0.3, -0.25) is 24.0 Å². The van der Waals surface area contributed by atoms with Crippen molar-refractivity contribution in [2.45, 2.75) is 0 Å². The molecule has 0 bridgehead atoms. The molecule has 11 nitrogen and oxygen atoms in total. The van der Waals surface area contributed by atoms with Crippen molar-refractivity contribution in [3.63, 3.8) is 0 Å². The molecule has 4 rings (SSSR count). The standard InChI is InChI=1S/C26H25N5O6S/c1-29(2)23(32)16-30(38(3,36)37)19-11-9-18(10-12-19)27-25(17-7-5-4-6-8-17)24-21-15-20(31(34)35)13-14-22(21)28-26(24)33/h4-15,27H,16H2,1-3H3,(H,28,33). The summed E-state index contributed by atoms with van der Waals surface area (Å²) >= 11 is 0. The zero-order valence-electron chi connectivity index (χ0n) is 20.8. The third kappa shape index (κ3) is 5.49. The second kappa shape index (κ2) is 10.3. The van der Waals surface area contributed by atoms with E-state index in [1.807, 2.05) is 6.07 Å². The fraction of sp³-hybridized carbons (Fsp3) is 0.154. The summed E-state index contributed by atoms with van der Waals surface area (Å²) in [5.74, 6) is -0.803. The molecule has 0 saturated carbocycles. The molecule has 1 aliphatic rings. The molecule has 1 heterocycles. The minimum atomic E-state index is -3.74. The lowest BCUT2D eigenvalue weighted by atomic mass is 9.99. The van der Waals surface area contributed by atoms with Crippen LogP contribution >= 0.6 is 0 Å². The number of likely N-dealkylation sites (N-methyl/N-ethyl adjacent to an activating group) is 1. The van der Waals surface area contributed by atoms with E-state index in [-0.39, 0.29) is 23.7 Å². The third-order valence-corrected chi connectivity index (χ3v) is 7.01. The van der Waals surface area contributed by atoms with Crippen molar-refractivity contribution in [3.05, 3.63) is 94.0 Å². The number of rotatable bonds is 8. The molecule has 1 aliphatic heterocycles. The Hall–Kier alpha value is -4.71. The van der Waals surface area contributed by atoms with E-state index in [0.717, 1.165) is 10.6 Å². The van der Waals surface area contributed by atoms with Crippen molar-refractivity contribution < 1.29 is 22.9 Å². The van der Waals surface area contributed by atoms with Crippen molar-refractivity contribution in [1.29, 1.82) is 0 Å². The molecule has 0 unspecified atom stereocenters. The molecule has 3 aromatic carbocycles. The number of fused-ring (bicyclic) bond motifs is 1. The average molecular weight is 536 g/mol. The SMILES string of the molecule is CN(C)C(=O)CN(c1ccc(NC(=C2C(=O)Nc3ccc([N+](=O)[O-])cc32)c2ccccc2)cc1)S(C)(=O)=O. The number of benzene rings is 3.